The Bertz CT molecular complexity index is 772. The summed E-state index contributed by atoms with van der Waals surface area (Å²) in [5, 5.41) is 0.917. The molecule has 1 aromatic carbocycles. The predicted molar refractivity (Wildman–Crippen MR) is 90.4 cm³/mol. The van der Waals surface area contributed by atoms with Crippen LogP contribution in [0.25, 0.3) is 10.2 Å². The van der Waals surface area contributed by atoms with Crippen molar-refractivity contribution < 1.29 is 4.74 Å². The molecule has 3 rings (SSSR count). The van der Waals surface area contributed by atoms with Crippen LogP contribution in [0, 0.1) is 3.57 Å². The number of nitrogen functional groups attached to an aromatic ring is 1. The van der Waals surface area contributed by atoms with Gasteiger partial charge in [-0.25, -0.2) is 4.98 Å². The second-order valence-corrected chi connectivity index (χ2v) is 6.59. The molecule has 0 radical (unpaired) electrons. The molecule has 4 nitrogen and oxygen atoms in total. The lowest BCUT2D eigenvalue weighted by Gasteiger charge is -2.06. The smallest absolute Gasteiger partial charge is 0.232 e. The molecule has 0 spiro atoms. The molecular formula is C14H12IN3OS. The van der Waals surface area contributed by atoms with Gasteiger partial charge in [-0.15, -0.1) is 11.3 Å². The van der Waals surface area contributed by atoms with Crippen LogP contribution in [0.15, 0.2) is 30.3 Å². The fourth-order valence-electron chi connectivity index (χ4n) is 1.86. The average molecular weight is 397 g/mol. The average Bonchev–Trinajstić information content (AvgIpc) is 2.82. The van der Waals surface area contributed by atoms with E-state index >= 15 is 0 Å². The number of hydrogen-bond acceptors (Lipinski definition) is 5. The van der Waals surface area contributed by atoms with Crippen LogP contribution >= 0.6 is 33.9 Å². The third-order valence-electron chi connectivity index (χ3n) is 2.79. The molecule has 0 bridgehead atoms. The molecule has 102 valence electrons. The summed E-state index contributed by atoms with van der Waals surface area (Å²) in [6, 6.07) is 9.89. The van der Waals surface area contributed by atoms with Crippen molar-refractivity contribution in [2.75, 3.05) is 5.73 Å². The molecular weight excluding hydrogens is 385 g/mol. The van der Waals surface area contributed by atoms with Gasteiger partial charge in [0, 0.05) is 8.45 Å². The van der Waals surface area contributed by atoms with Crippen molar-refractivity contribution in [2.45, 2.75) is 13.3 Å². The van der Waals surface area contributed by atoms with Gasteiger partial charge < -0.3 is 10.5 Å². The molecule has 2 aromatic heterocycles. The highest BCUT2D eigenvalue weighted by atomic mass is 127. The van der Waals surface area contributed by atoms with E-state index in [1.807, 2.05) is 24.3 Å². The van der Waals surface area contributed by atoms with Crippen LogP contribution in [0.1, 0.15) is 11.8 Å². The number of nitrogens with zero attached hydrogens (tertiary/aromatic N) is 2. The number of thiophene rings is 1. The third kappa shape index (κ3) is 2.71. The fourth-order valence-corrected chi connectivity index (χ4v) is 3.33. The maximum atomic E-state index is 5.88. The molecule has 0 saturated carbocycles. The Morgan fingerprint density at radius 1 is 1.30 bits per heavy atom. The Kier molecular flexibility index (Phi) is 3.75. The molecule has 0 aliphatic carbocycles. The molecule has 0 amide bonds. The molecule has 6 heteroatoms. The first-order valence-electron chi connectivity index (χ1n) is 6.15. The number of hydrogen-bond donors (Lipinski definition) is 1. The lowest BCUT2D eigenvalue weighted by Crippen LogP contribution is -1.97. The van der Waals surface area contributed by atoms with Gasteiger partial charge in [0.05, 0.1) is 5.39 Å². The Labute approximate surface area is 134 Å². The van der Waals surface area contributed by atoms with E-state index in [9.17, 15) is 0 Å². The van der Waals surface area contributed by atoms with E-state index in [0.29, 0.717) is 5.88 Å². The standard InChI is InChI=1S/C14H12IN3OS/c1-2-10-7-11-12(17-14(16)18-13(11)20-10)19-9-5-3-4-8(15)6-9/h3-7H,2H2,1H3,(H2,16,17,18). The van der Waals surface area contributed by atoms with Crippen LogP contribution < -0.4 is 10.5 Å². The Morgan fingerprint density at radius 3 is 2.90 bits per heavy atom. The van der Waals surface area contributed by atoms with Gasteiger partial charge in [0.2, 0.25) is 11.8 Å². The van der Waals surface area contributed by atoms with Gasteiger partial charge in [0.1, 0.15) is 10.6 Å². The van der Waals surface area contributed by atoms with Crippen LogP contribution in [0.4, 0.5) is 5.95 Å². The van der Waals surface area contributed by atoms with E-state index in [1.54, 1.807) is 11.3 Å². The van der Waals surface area contributed by atoms with Gasteiger partial charge in [0.25, 0.3) is 0 Å². The highest BCUT2D eigenvalue weighted by molar-refractivity contribution is 14.1. The van der Waals surface area contributed by atoms with Crippen molar-refractivity contribution in [3.05, 3.63) is 38.8 Å². The maximum Gasteiger partial charge on any atom is 0.232 e. The summed E-state index contributed by atoms with van der Waals surface area (Å²) in [6.07, 6.45) is 0.962. The Morgan fingerprint density at radius 2 is 2.15 bits per heavy atom. The number of anilines is 1. The zero-order valence-corrected chi connectivity index (χ0v) is 13.7. The molecule has 0 saturated heterocycles. The monoisotopic (exact) mass is 397 g/mol. The molecule has 0 aliphatic heterocycles. The van der Waals surface area contributed by atoms with Crippen molar-refractivity contribution in [2.24, 2.45) is 0 Å². The van der Waals surface area contributed by atoms with Crippen LogP contribution in [-0.2, 0) is 6.42 Å². The first-order valence-corrected chi connectivity index (χ1v) is 8.04. The zero-order valence-electron chi connectivity index (χ0n) is 10.8. The molecule has 0 atom stereocenters. The van der Waals surface area contributed by atoms with Crippen LogP contribution in [0.2, 0.25) is 0 Å². The zero-order chi connectivity index (χ0) is 14.1. The number of aryl methyl sites for hydroxylation is 1. The highest BCUT2D eigenvalue weighted by Crippen LogP contribution is 2.33. The summed E-state index contributed by atoms with van der Waals surface area (Å²) < 4.78 is 6.99. The molecule has 0 aliphatic rings. The molecule has 2 heterocycles. The van der Waals surface area contributed by atoms with Gasteiger partial charge in [-0.2, -0.15) is 4.98 Å². The number of rotatable bonds is 3. The SMILES string of the molecule is CCc1cc2c(Oc3cccc(I)c3)nc(N)nc2s1. The predicted octanol–water partition coefficient (Wildman–Crippen LogP) is 4.23. The third-order valence-corrected chi connectivity index (χ3v) is 4.63. The number of nitrogens with two attached hydrogens (primary N) is 1. The second-order valence-electron chi connectivity index (χ2n) is 4.23. The van der Waals surface area contributed by atoms with Crippen molar-refractivity contribution in [1.82, 2.24) is 9.97 Å². The van der Waals surface area contributed by atoms with Gasteiger partial charge in [0.15, 0.2) is 0 Å². The minimum atomic E-state index is 0.239. The summed E-state index contributed by atoms with van der Waals surface area (Å²) in [4.78, 5) is 10.6. The van der Waals surface area contributed by atoms with Gasteiger partial charge in [-0.05, 0) is 53.3 Å². The first-order chi connectivity index (χ1) is 9.65. The van der Waals surface area contributed by atoms with Crippen molar-refractivity contribution in [3.63, 3.8) is 0 Å². The van der Waals surface area contributed by atoms with E-state index in [0.717, 1.165) is 26.0 Å². The number of ether oxygens (including phenoxy) is 1. The molecule has 20 heavy (non-hydrogen) atoms. The molecule has 2 N–H and O–H groups in total. The molecule has 3 aromatic rings. The summed E-state index contributed by atoms with van der Waals surface area (Å²) >= 11 is 3.87. The molecule has 0 fully saturated rings. The minimum Gasteiger partial charge on any atom is -0.438 e. The van der Waals surface area contributed by atoms with Crippen molar-refractivity contribution in [1.29, 1.82) is 0 Å². The van der Waals surface area contributed by atoms with Crippen LogP contribution in [-0.4, -0.2) is 9.97 Å². The van der Waals surface area contributed by atoms with E-state index in [2.05, 4.69) is 45.5 Å². The molecule has 0 unspecified atom stereocenters. The number of aromatic nitrogens is 2. The summed E-state index contributed by atoms with van der Waals surface area (Å²) in [6.45, 7) is 2.11. The fraction of sp³-hybridized carbons (Fsp3) is 0.143. The lowest BCUT2D eigenvalue weighted by molar-refractivity contribution is 0.469. The van der Waals surface area contributed by atoms with E-state index in [4.69, 9.17) is 10.5 Å². The van der Waals surface area contributed by atoms with E-state index in [1.165, 1.54) is 4.88 Å². The maximum absolute atomic E-state index is 5.88. The summed E-state index contributed by atoms with van der Waals surface area (Å²) in [5.74, 6) is 1.51. The van der Waals surface area contributed by atoms with Crippen LogP contribution in [0.3, 0.4) is 0 Å². The van der Waals surface area contributed by atoms with Gasteiger partial charge in [-0.1, -0.05) is 13.0 Å². The number of halogens is 1. The quantitative estimate of drug-likeness (QED) is 0.672. The van der Waals surface area contributed by atoms with E-state index in [-0.39, 0.29) is 5.95 Å². The topological polar surface area (TPSA) is 61.0 Å². The normalized spacial score (nSPS) is 10.9. The largest absolute Gasteiger partial charge is 0.438 e. The van der Waals surface area contributed by atoms with Crippen molar-refractivity contribution in [3.8, 4) is 11.6 Å². The Balaban J connectivity index is 2.08. The highest BCUT2D eigenvalue weighted by Gasteiger charge is 2.12. The number of benzene rings is 1. The van der Waals surface area contributed by atoms with Gasteiger partial charge >= 0.3 is 0 Å². The first kappa shape index (κ1) is 13.6. The number of fused-ring (bicyclic) bond motifs is 1. The Hall–Kier alpha value is -1.41. The summed E-state index contributed by atoms with van der Waals surface area (Å²) in [5.41, 5.74) is 5.76. The lowest BCUT2D eigenvalue weighted by atomic mass is 10.3. The minimum absolute atomic E-state index is 0.239. The van der Waals surface area contributed by atoms with Crippen molar-refractivity contribution >= 4 is 50.1 Å². The van der Waals surface area contributed by atoms with E-state index < -0.39 is 0 Å². The summed E-state index contributed by atoms with van der Waals surface area (Å²) in [7, 11) is 0. The van der Waals surface area contributed by atoms with Crippen LogP contribution in [0.5, 0.6) is 11.6 Å². The van der Waals surface area contributed by atoms with Gasteiger partial charge in [-0.3, -0.25) is 0 Å². The second kappa shape index (κ2) is 5.53.